The normalized spacial score (nSPS) is 15.5. The Hall–Kier alpha value is -2.05. The highest BCUT2D eigenvalue weighted by molar-refractivity contribution is 14.0. The van der Waals surface area contributed by atoms with E-state index in [-0.39, 0.29) is 24.0 Å². The summed E-state index contributed by atoms with van der Waals surface area (Å²) in [4.78, 5) is 15.5. The lowest BCUT2D eigenvalue weighted by atomic mass is 10.0. The van der Waals surface area contributed by atoms with Crippen LogP contribution in [0.5, 0.6) is 0 Å². The van der Waals surface area contributed by atoms with Gasteiger partial charge in [0.1, 0.15) is 5.69 Å². The summed E-state index contributed by atoms with van der Waals surface area (Å²) in [7, 11) is 1.80. The maximum absolute atomic E-state index is 5.30. The van der Waals surface area contributed by atoms with Crippen molar-refractivity contribution in [3.63, 3.8) is 0 Å². The number of halogens is 1. The van der Waals surface area contributed by atoms with E-state index in [2.05, 4.69) is 52.5 Å². The molecule has 0 amide bonds. The van der Waals surface area contributed by atoms with Crippen LogP contribution in [0.1, 0.15) is 24.2 Å². The predicted molar refractivity (Wildman–Crippen MR) is 134 cm³/mol. The van der Waals surface area contributed by atoms with E-state index in [0.29, 0.717) is 36.4 Å². The smallest absolute Gasteiger partial charge is 0.276 e. The minimum absolute atomic E-state index is 0. The molecule has 0 saturated carbocycles. The van der Waals surface area contributed by atoms with Gasteiger partial charge in [-0.25, -0.2) is 0 Å². The molecule has 3 aromatic rings. The second kappa shape index (κ2) is 12.1. The van der Waals surface area contributed by atoms with Gasteiger partial charge in [0.15, 0.2) is 11.8 Å². The molecule has 0 aromatic carbocycles. The topological polar surface area (TPSA) is 91.5 Å². The molecule has 1 fully saturated rings. The monoisotopic (exact) mass is 553 g/mol. The molecule has 4 heterocycles. The molecule has 0 spiro atoms. The fraction of sp³-hybridized carbons (Fsp3) is 0.429. The van der Waals surface area contributed by atoms with Gasteiger partial charge in [-0.05, 0) is 47.4 Å². The number of pyridine rings is 1. The quantitative estimate of drug-likeness (QED) is 0.264. The summed E-state index contributed by atoms with van der Waals surface area (Å²) in [5.41, 5.74) is 2.10. The van der Waals surface area contributed by atoms with Crippen molar-refractivity contribution in [3.05, 3.63) is 52.6 Å². The van der Waals surface area contributed by atoms with Gasteiger partial charge < -0.3 is 15.2 Å². The van der Waals surface area contributed by atoms with Crippen LogP contribution in [0.3, 0.4) is 0 Å². The molecule has 31 heavy (non-hydrogen) atoms. The van der Waals surface area contributed by atoms with E-state index in [0.717, 1.165) is 38.4 Å². The number of hydrogen-bond donors (Lipinski definition) is 2. The van der Waals surface area contributed by atoms with Crippen LogP contribution in [-0.2, 0) is 13.0 Å². The number of piperidine rings is 1. The van der Waals surface area contributed by atoms with Crippen molar-refractivity contribution in [2.24, 2.45) is 4.99 Å². The van der Waals surface area contributed by atoms with Gasteiger partial charge in [0.25, 0.3) is 5.89 Å². The zero-order valence-electron chi connectivity index (χ0n) is 17.5. The number of rotatable bonds is 7. The maximum Gasteiger partial charge on any atom is 0.276 e. The van der Waals surface area contributed by atoms with E-state index >= 15 is 0 Å². The third kappa shape index (κ3) is 6.97. The highest BCUT2D eigenvalue weighted by Crippen LogP contribution is 2.16. The minimum Gasteiger partial charge on any atom is -0.356 e. The van der Waals surface area contributed by atoms with Gasteiger partial charge >= 0.3 is 0 Å². The van der Waals surface area contributed by atoms with E-state index in [9.17, 15) is 0 Å². The number of guanidine groups is 1. The summed E-state index contributed by atoms with van der Waals surface area (Å²) in [5, 5.41) is 15.3. The Labute approximate surface area is 203 Å². The van der Waals surface area contributed by atoms with Gasteiger partial charge in [0.05, 0.1) is 0 Å². The fourth-order valence-corrected chi connectivity index (χ4v) is 4.17. The summed E-state index contributed by atoms with van der Waals surface area (Å²) >= 11 is 1.77. The number of nitrogens with zero attached hydrogens (tertiary/aromatic N) is 5. The Morgan fingerprint density at radius 2 is 2.16 bits per heavy atom. The molecule has 166 valence electrons. The second-order valence-corrected chi connectivity index (χ2v) is 8.09. The number of aromatic nitrogens is 3. The molecule has 8 nitrogen and oxygen atoms in total. The number of likely N-dealkylation sites (tertiary alicyclic amines) is 1. The molecule has 3 aromatic heterocycles. The van der Waals surface area contributed by atoms with E-state index < -0.39 is 0 Å². The molecule has 1 aliphatic rings. The Morgan fingerprint density at radius 1 is 1.29 bits per heavy atom. The van der Waals surface area contributed by atoms with Crippen LogP contribution < -0.4 is 10.6 Å². The van der Waals surface area contributed by atoms with Crippen LogP contribution >= 0.6 is 35.3 Å². The standard InChI is InChI=1S/C21H27N7OS.HI/c1-22-21(25-17-6-11-28(12-7-17)14-16-8-13-30-15-16)24-10-5-19-26-20(29-27-19)18-4-2-3-9-23-18;/h2-4,8-9,13,15,17H,5-7,10-12,14H2,1H3,(H2,22,24,25);1H. The number of aliphatic imine (C=N–C) groups is 1. The zero-order valence-corrected chi connectivity index (χ0v) is 20.7. The van der Waals surface area contributed by atoms with E-state index in [4.69, 9.17) is 4.52 Å². The van der Waals surface area contributed by atoms with Gasteiger partial charge in [-0.15, -0.1) is 24.0 Å². The highest BCUT2D eigenvalue weighted by atomic mass is 127. The van der Waals surface area contributed by atoms with Crippen LogP contribution in [0.15, 0.2) is 50.7 Å². The first-order valence-electron chi connectivity index (χ1n) is 10.2. The third-order valence-electron chi connectivity index (χ3n) is 5.13. The average Bonchev–Trinajstić information content (AvgIpc) is 3.47. The lowest BCUT2D eigenvalue weighted by molar-refractivity contribution is 0.198. The molecule has 0 radical (unpaired) electrons. The van der Waals surface area contributed by atoms with E-state index in [1.54, 1.807) is 24.6 Å². The van der Waals surface area contributed by atoms with Gasteiger partial charge in [0.2, 0.25) is 0 Å². The molecule has 1 aliphatic heterocycles. The molecule has 0 aliphatic carbocycles. The molecular formula is C21H28IN7OS. The Bertz CT molecular complexity index is 924. The lowest BCUT2D eigenvalue weighted by Gasteiger charge is -2.32. The second-order valence-electron chi connectivity index (χ2n) is 7.31. The largest absolute Gasteiger partial charge is 0.356 e. The summed E-state index contributed by atoms with van der Waals surface area (Å²) in [6.45, 7) is 3.93. The van der Waals surface area contributed by atoms with Gasteiger partial charge in [-0.1, -0.05) is 11.2 Å². The number of nitrogens with one attached hydrogen (secondary N) is 2. The van der Waals surface area contributed by atoms with Crippen molar-refractivity contribution < 1.29 is 4.52 Å². The van der Waals surface area contributed by atoms with Gasteiger partial charge in [-0.3, -0.25) is 14.9 Å². The van der Waals surface area contributed by atoms with E-state index in [1.807, 2.05) is 18.2 Å². The fourth-order valence-electron chi connectivity index (χ4n) is 3.51. The molecule has 2 N–H and O–H groups in total. The van der Waals surface area contributed by atoms with Crippen LogP contribution in [-0.4, -0.2) is 58.7 Å². The first-order chi connectivity index (χ1) is 14.8. The molecule has 0 atom stereocenters. The molecular weight excluding hydrogens is 525 g/mol. The SMILES string of the molecule is CN=C(NCCc1noc(-c2ccccn2)n1)NC1CCN(Cc2ccsc2)CC1.I. The van der Waals surface area contributed by atoms with Crippen LogP contribution in [0.25, 0.3) is 11.6 Å². The Balaban J connectivity index is 0.00000272. The first kappa shape index (κ1) is 23.6. The molecule has 0 bridgehead atoms. The van der Waals surface area contributed by atoms with E-state index in [1.165, 1.54) is 5.56 Å². The third-order valence-corrected chi connectivity index (χ3v) is 5.86. The summed E-state index contributed by atoms with van der Waals surface area (Å²) in [6, 6.07) is 8.26. The van der Waals surface area contributed by atoms with Crippen molar-refractivity contribution in [2.75, 3.05) is 26.7 Å². The van der Waals surface area contributed by atoms with Crippen molar-refractivity contribution >= 4 is 41.3 Å². The summed E-state index contributed by atoms with van der Waals surface area (Å²) in [6.07, 6.45) is 4.59. The summed E-state index contributed by atoms with van der Waals surface area (Å²) < 4.78 is 5.30. The van der Waals surface area contributed by atoms with Crippen LogP contribution in [0.2, 0.25) is 0 Å². The van der Waals surface area contributed by atoms with Crippen molar-refractivity contribution in [1.82, 2.24) is 30.7 Å². The minimum atomic E-state index is 0. The zero-order chi connectivity index (χ0) is 20.6. The first-order valence-corrected chi connectivity index (χ1v) is 11.2. The molecule has 0 unspecified atom stereocenters. The average molecular weight is 553 g/mol. The summed E-state index contributed by atoms with van der Waals surface area (Å²) in [5.74, 6) is 1.92. The van der Waals surface area contributed by atoms with Crippen molar-refractivity contribution in [2.45, 2.75) is 31.8 Å². The molecule has 1 saturated heterocycles. The van der Waals surface area contributed by atoms with Crippen molar-refractivity contribution in [3.8, 4) is 11.6 Å². The predicted octanol–water partition coefficient (Wildman–Crippen LogP) is 3.18. The number of thiophene rings is 1. The molecule has 10 heteroatoms. The van der Waals surface area contributed by atoms with Gasteiger partial charge in [-0.2, -0.15) is 16.3 Å². The highest BCUT2D eigenvalue weighted by Gasteiger charge is 2.20. The van der Waals surface area contributed by atoms with Gasteiger partial charge in [0, 0.05) is 51.9 Å². The van der Waals surface area contributed by atoms with Crippen LogP contribution in [0.4, 0.5) is 0 Å². The van der Waals surface area contributed by atoms with Crippen molar-refractivity contribution in [1.29, 1.82) is 0 Å². The maximum atomic E-state index is 5.30. The Kier molecular flexibility index (Phi) is 9.22. The number of hydrogen-bond acceptors (Lipinski definition) is 7. The molecule has 4 rings (SSSR count). The Morgan fingerprint density at radius 3 is 2.87 bits per heavy atom. The lowest BCUT2D eigenvalue weighted by Crippen LogP contribution is -2.48. The van der Waals surface area contributed by atoms with Crippen LogP contribution in [0, 0.1) is 0 Å².